The number of hydrogen-bond acceptors (Lipinski definition) is 0. The summed E-state index contributed by atoms with van der Waals surface area (Å²) >= 11 is 0. The van der Waals surface area contributed by atoms with Crippen molar-refractivity contribution in [3.05, 3.63) is 47.5 Å². The van der Waals surface area contributed by atoms with E-state index in [0.717, 1.165) is 18.4 Å². The van der Waals surface area contributed by atoms with Crippen LogP contribution in [0.4, 0.5) is 0 Å². The third-order valence-corrected chi connectivity index (χ3v) is 11.4. The van der Waals surface area contributed by atoms with Crippen LogP contribution >= 0.6 is 0 Å². The predicted molar refractivity (Wildman–Crippen MR) is 213 cm³/mol. The average Bonchev–Trinajstić information content (AvgIpc) is 3.40. The second-order valence-electron chi connectivity index (χ2n) is 15.4. The summed E-state index contributed by atoms with van der Waals surface area (Å²) < 4.78 is 2.67. The van der Waals surface area contributed by atoms with Crippen LogP contribution in [0.2, 0.25) is 0 Å². The highest BCUT2D eigenvalue weighted by Crippen LogP contribution is 2.33. The van der Waals surface area contributed by atoms with Gasteiger partial charge in [-0.3, -0.25) is 0 Å². The fraction of sp³-hybridized carbons (Fsp3) is 0.739. The summed E-state index contributed by atoms with van der Waals surface area (Å²) in [7, 11) is 0. The normalized spacial score (nSPS) is 13.2. The number of aryl methyl sites for hydroxylation is 1. The number of rotatable bonds is 29. The zero-order valence-electron chi connectivity index (χ0n) is 32.2. The van der Waals surface area contributed by atoms with Crippen molar-refractivity contribution in [1.29, 1.82) is 0 Å². The smallest absolute Gasteiger partial charge is 0.0491 e. The summed E-state index contributed by atoms with van der Waals surface area (Å²) in [6, 6.07) is 15.0. The molecule has 2 aromatic carbocycles. The van der Waals surface area contributed by atoms with Gasteiger partial charge in [0, 0.05) is 28.4 Å². The van der Waals surface area contributed by atoms with Crippen LogP contribution < -0.4 is 0 Å². The SMILES string of the molecule is CCCCCCCCCCCCCCCCCCn1c2ccc(CC(CC)CCCC)cc2c2cc(CC(CC)CCCC)ccc21. The van der Waals surface area contributed by atoms with Gasteiger partial charge >= 0.3 is 0 Å². The lowest BCUT2D eigenvalue weighted by Crippen LogP contribution is -2.03. The molecule has 266 valence electrons. The first kappa shape index (κ1) is 39.7. The van der Waals surface area contributed by atoms with Gasteiger partial charge in [-0.15, -0.1) is 0 Å². The summed E-state index contributed by atoms with van der Waals surface area (Å²) in [6.45, 7) is 12.9. The molecule has 2 unspecified atom stereocenters. The first-order valence-corrected chi connectivity index (χ1v) is 21.2. The van der Waals surface area contributed by atoms with Crippen molar-refractivity contribution in [3.8, 4) is 0 Å². The van der Waals surface area contributed by atoms with E-state index in [1.54, 1.807) is 11.1 Å². The number of hydrogen-bond donors (Lipinski definition) is 0. The Balaban J connectivity index is 1.55. The van der Waals surface area contributed by atoms with Crippen molar-refractivity contribution < 1.29 is 0 Å². The lowest BCUT2D eigenvalue weighted by atomic mass is 9.90. The lowest BCUT2D eigenvalue weighted by molar-refractivity contribution is 0.449. The minimum absolute atomic E-state index is 0.810. The van der Waals surface area contributed by atoms with Crippen LogP contribution in [0.5, 0.6) is 0 Å². The van der Waals surface area contributed by atoms with Crippen molar-refractivity contribution in [2.24, 2.45) is 11.8 Å². The van der Waals surface area contributed by atoms with Gasteiger partial charge in [0.2, 0.25) is 0 Å². The fourth-order valence-electron chi connectivity index (χ4n) is 8.06. The van der Waals surface area contributed by atoms with Crippen LogP contribution in [0.3, 0.4) is 0 Å². The van der Waals surface area contributed by atoms with Gasteiger partial charge in [0.1, 0.15) is 0 Å². The maximum Gasteiger partial charge on any atom is 0.0491 e. The van der Waals surface area contributed by atoms with Gasteiger partial charge in [-0.05, 0) is 66.5 Å². The molecular weight excluding hydrogens is 567 g/mol. The average molecular weight is 644 g/mol. The number of fused-ring (bicyclic) bond motifs is 3. The summed E-state index contributed by atoms with van der Waals surface area (Å²) in [5.41, 5.74) is 6.01. The molecule has 1 aromatic heterocycles. The summed E-state index contributed by atoms with van der Waals surface area (Å²) in [4.78, 5) is 0. The maximum atomic E-state index is 2.67. The maximum absolute atomic E-state index is 2.67. The van der Waals surface area contributed by atoms with Crippen LogP contribution in [0, 0.1) is 11.8 Å². The quantitative estimate of drug-likeness (QED) is 0.0663. The molecule has 1 nitrogen and oxygen atoms in total. The molecule has 0 bridgehead atoms. The molecule has 0 aliphatic carbocycles. The Hall–Kier alpha value is -1.76. The van der Waals surface area contributed by atoms with E-state index in [1.807, 2.05) is 0 Å². The lowest BCUT2D eigenvalue weighted by Gasteiger charge is -2.15. The van der Waals surface area contributed by atoms with Crippen LogP contribution in [0.15, 0.2) is 36.4 Å². The van der Waals surface area contributed by atoms with Crippen molar-refractivity contribution in [3.63, 3.8) is 0 Å². The first-order valence-electron chi connectivity index (χ1n) is 21.2. The van der Waals surface area contributed by atoms with Crippen LogP contribution in [-0.4, -0.2) is 4.57 Å². The molecule has 0 fully saturated rings. The molecule has 3 aromatic rings. The molecule has 0 saturated heterocycles. The Morgan fingerprint density at radius 2 is 0.787 bits per heavy atom. The molecule has 47 heavy (non-hydrogen) atoms. The zero-order chi connectivity index (χ0) is 33.5. The highest BCUT2D eigenvalue weighted by atomic mass is 15.0. The number of aromatic nitrogens is 1. The monoisotopic (exact) mass is 644 g/mol. The van der Waals surface area contributed by atoms with Gasteiger partial charge in [0.05, 0.1) is 0 Å². The minimum atomic E-state index is 0.810. The molecule has 1 heterocycles. The van der Waals surface area contributed by atoms with Gasteiger partial charge in [-0.2, -0.15) is 0 Å². The van der Waals surface area contributed by atoms with Crippen molar-refractivity contribution in [1.82, 2.24) is 4.57 Å². The number of nitrogens with zero attached hydrogens (tertiary/aromatic N) is 1. The van der Waals surface area contributed by atoms with E-state index in [2.05, 4.69) is 75.6 Å². The molecular formula is C46H77N. The highest BCUT2D eigenvalue weighted by Gasteiger charge is 2.15. The molecule has 1 heteroatoms. The zero-order valence-corrected chi connectivity index (χ0v) is 32.2. The van der Waals surface area contributed by atoms with E-state index >= 15 is 0 Å². The number of benzene rings is 2. The molecule has 0 spiro atoms. The molecule has 0 amide bonds. The van der Waals surface area contributed by atoms with E-state index in [9.17, 15) is 0 Å². The topological polar surface area (TPSA) is 4.93 Å². The van der Waals surface area contributed by atoms with E-state index in [-0.39, 0.29) is 0 Å². The van der Waals surface area contributed by atoms with Crippen LogP contribution in [0.1, 0.15) is 200 Å². The Kier molecular flexibility index (Phi) is 20.6. The van der Waals surface area contributed by atoms with E-state index in [4.69, 9.17) is 0 Å². The molecule has 0 aliphatic rings. The van der Waals surface area contributed by atoms with Crippen molar-refractivity contribution >= 4 is 21.8 Å². The third kappa shape index (κ3) is 14.3. The molecule has 2 atom stereocenters. The van der Waals surface area contributed by atoms with E-state index in [0.29, 0.717) is 0 Å². The Bertz CT molecular complexity index is 1130. The van der Waals surface area contributed by atoms with Crippen molar-refractivity contribution in [2.75, 3.05) is 0 Å². The van der Waals surface area contributed by atoms with Gasteiger partial charge in [-0.1, -0.05) is 194 Å². The molecule has 0 radical (unpaired) electrons. The minimum Gasteiger partial charge on any atom is -0.340 e. The molecule has 0 N–H and O–H groups in total. The van der Waals surface area contributed by atoms with Gasteiger partial charge < -0.3 is 4.57 Å². The predicted octanol–water partition coefficient (Wildman–Crippen LogP) is 15.6. The Morgan fingerprint density at radius 3 is 1.15 bits per heavy atom. The van der Waals surface area contributed by atoms with E-state index in [1.165, 1.54) is 189 Å². The van der Waals surface area contributed by atoms with Crippen LogP contribution in [0.25, 0.3) is 21.8 Å². The molecule has 0 saturated carbocycles. The summed E-state index contributed by atoms with van der Waals surface area (Å²) in [5, 5.41) is 3.01. The Labute approximate surface area is 293 Å². The largest absolute Gasteiger partial charge is 0.340 e. The van der Waals surface area contributed by atoms with Crippen LogP contribution in [-0.2, 0) is 19.4 Å². The summed E-state index contributed by atoms with van der Waals surface area (Å²) in [5.74, 6) is 1.62. The molecule has 3 rings (SSSR count). The highest BCUT2D eigenvalue weighted by molar-refractivity contribution is 6.08. The third-order valence-electron chi connectivity index (χ3n) is 11.4. The fourth-order valence-corrected chi connectivity index (χ4v) is 8.06. The van der Waals surface area contributed by atoms with Gasteiger partial charge in [0.25, 0.3) is 0 Å². The second-order valence-corrected chi connectivity index (χ2v) is 15.4. The number of unbranched alkanes of at least 4 members (excludes halogenated alkanes) is 17. The van der Waals surface area contributed by atoms with Gasteiger partial charge in [0.15, 0.2) is 0 Å². The Morgan fingerprint density at radius 1 is 0.426 bits per heavy atom. The summed E-state index contributed by atoms with van der Waals surface area (Å²) in [6.07, 6.45) is 36.0. The molecule has 0 aliphatic heterocycles. The van der Waals surface area contributed by atoms with Crippen molar-refractivity contribution in [2.45, 2.75) is 208 Å². The van der Waals surface area contributed by atoms with E-state index < -0.39 is 0 Å². The van der Waals surface area contributed by atoms with Gasteiger partial charge in [-0.25, -0.2) is 0 Å². The standard InChI is InChI=1S/C46H77N/c1-6-11-14-15-16-17-18-19-20-21-22-23-24-25-26-27-34-47-45-32-30-41(35-39(9-4)28-12-7-2)37-43(45)44-38-42(31-33-46(44)47)36-40(10-5)29-13-8-3/h30-33,37-40H,6-29,34-36H2,1-5H3. The second kappa shape index (κ2) is 24.4. The first-order chi connectivity index (χ1) is 23.1.